The second kappa shape index (κ2) is 30.0. The Kier molecular flexibility index (Phi) is 22.6. The van der Waals surface area contributed by atoms with Gasteiger partial charge in [-0.15, -0.1) is 28.0 Å². The van der Waals surface area contributed by atoms with E-state index in [1.165, 1.54) is 39.7 Å². The summed E-state index contributed by atoms with van der Waals surface area (Å²) in [7, 11) is 5.44. The molecule has 0 aliphatic carbocycles. The first-order chi connectivity index (χ1) is 41.8. The highest BCUT2D eigenvalue weighted by molar-refractivity contribution is 7.22. The Hall–Kier alpha value is -9.11. The van der Waals surface area contributed by atoms with Gasteiger partial charge in [-0.05, 0) is 126 Å². The third-order valence-corrected chi connectivity index (χ3v) is 15.9. The van der Waals surface area contributed by atoms with Crippen LogP contribution in [0.2, 0.25) is 0 Å². The van der Waals surface area contributed by atoms with Crippen LogP contribution in [0.4, 0.5) is 46.4 Å². The standard InChI is InChI=1S/C62H74FN13O10S2/c1-11-31-85-61(83)74(8)35-41-34-42(66-54(77)46(21-14-28-65-57(64)81)67-55(78)50(37(2)3)70-60(82)86-62(5,6)7)26-25-40(41)36-76(9,10)30-16-18-39-24-27-47(44(63)33-39)84-32-17-23-49-51(56(79)80)69-59(88-49)75-29-15-19-43-38(4)52(72-73-53(43)75)71-58-68-45-20-12-13-22-48(45)87-58/h1,12-13,20,22,24-27,33-34,37,46,50H,14-15,17,19,21,23,28-32,35-36H2,2-10H3,(H7-,64,65,66,67,68,70,71,72,77,78,79,80,81,82)/p+1/t46-,50-/m0/s1. The number of amides is 6. The van der Waals surface area contributed by atoms with Gasteiger partial charge in [-0.25, -0.2) is 33.5 Å². The SMILES string of the molecule is C#CCOC(=O)N(C)Cc1cc(NC(=O)[C@H](CCCNC(N)=O)NC(=O)[C@@H](NC(=O)OC(C)(C)C)C(C)C)ccc1C[N+](C)(C)CC#Cc1ccc(OCCCc2sc(N3CCCc4c3nnc(Nc3nc5ccccc5s3)c4C)nc2C(=O)O)c(F)c1. The number of primary amides is 1. The maximum atomic E-state index is 15.6. The zero-order valence-corrected chi connectivity index (χ0v) is 52.4. The molecule has 0 saturated carbocycles. The van der Waals surface area contributed by atoms with E-state index in [4.69, 9.17) is 26.4 Å². The average molecular weight is 1250 g/mol. The lowest BCUT2D eigenvalue weighted by Gasteiger charge is -2.29. The molecule has 23 nitrogen and oxygen atoms in total. The number of aromatic nitrogens is 4. The van der Waals surface area contributed by atoms with E-state index in [0.717, 1.165) is 39.7 Å². The van der Waals surface area contributed by atoms with Crippen molar-refractivity contribution in [3.63, 3.8) is 0 Å². The molecule has 6 aromatic rings. The maximum absolute atomic E-state index is 15.6. The van der Waals surface area contributed by atoms with Crippen molar-refractivity contribution in [3.8, 4) is 29.9 Å². The minimum absolute atomic E-state index is 0.0198. The second-order valence-corrected chi connectivity index (χ2v) is 25.1. The zero-order valence-electron chi connectivity index (χ0n) is 50.8. The Balaban J connectivity index is 0.975. The number of terminal acetylenes is 1. The third-order valence-electron chi connectivity index (χ3n) is 13.8. The summed E-state index contributed by atoms with van der Waals surface area (Å²) in [6.07, 6.45) is 6.47. The number of thiazole rings is 2. The summed E-state index contributed by atoms with van der Waals surface area (Å²) >= 11 is 2.80. The molecule has 0 unspecified atom stereocenters. The van der Waals surface area contributed by atoms with E-state index in [2.05, 4.69) is 64.5 Å². The highest BCUT2D eigenvalue weighted by atomic mass is 32.1. The van der Waals surface area contributed by atoms with E-state index in [9.17, 15) is 33.9 Å². The first kappa shape index (κ1) is 66.4. The second-order valence-electron chi connectivity index (χ2n) is 23.0. The van der Waals surface area contributed by atoms with Gasteiger partial charge >= 0.3 is 24.2 Å². The van der Waals surface area contributed by atoms with Crippen molar-refractivity contribution in [1.82, 2.24) is 41.0 Å². The van der Waals surface area contributed by atoms with Crippen molar-refractivity contribution in [2.45, 2.75) is 111 Å². The van der Waals surface area contributed by atoms with Crippen molar-refractivity contribution in [2.75, 3.05) is 69.5 Å². The fourth-order valence-corrected chi connectivity index (χ4v) is 11.5. The quantitative estimate of drug-likeness (QED) is 0.0160. The zero-order chi connectivity index (χ0) is 63.9. The summed E-state index contributed by atoms with van der Waals surface area (Å²) in [5.74, 6) is 6.36. The van der Waals surface area contributed by atoms with E-state index >= 15 is 4.39 Å². The average Bonchev–Trinajstić information content (AvgIpc) is 2.15. The number of ether oxygens (including phenoxy) is 3. The van der Waals surface area contributed by atoms with Crippen LogP contribution in [0.25, 0.3) is 10.2 Å². The van der Waals surface area contributed by atoms with Crippen LogP contribution in [0.3, 0.4) is 0 Å². The molecule has 7 rings (SSSR count). The summed E-state index contributed by atoms with van der Waals surface area (Å²) < 4.78 is 33.3. The number of hydrogen-bond acceptors (Lipinski definition) is 17. The van der Waals surface area contributed by atoms with Crippen LogP contribution in [0.5, 0.6) is 5.75 Å². The Labute approximate surface area is 518 Å². The largest absolute Gasteiger partial charge is 0.491 e. The molecule has 3 aromatic heterocycles. The van der Waals surface area contributed by atoms with Crippen molar-refractivity contribution < 1.29 is 57.0 Å². The van der Waals surface area contributed by atoms with Gasteiger partial charge in [0.05, 0.1) is 30.9 Å². The molecule has 1 aliphatic heterocycles. The topological polar surface area (TPSA) is 295 Å². The molecule has 0 bridgehead atoms. The number of urea groups is 1. The number of nitrogens with two attached hydrogens (primary N) is 1. The van der Waals surface area contributed by atoms with Gasteiger partial charge in [0.15, 0.2) is 45.8 Å². The number of carboxylic acid groups (broad SMARTS) is 1. The smallest absolute Gasteiger partial charge is 0.410 e. The fourth-order valence-electron chi connectivity index (χ4n) is 9.47. The van der Waals surface area contributed by atoms with Crippen LogP contribution in [0.1, 0.15) is 103 Å². The lowest BCUT2D eigenvalue weighted by Crippen LogP contribution is -2.55. The number of anilines is 5. The van der Waals surface area contributed by atoms with Crippen LogP contribution >= 0.6 is 22.7 Å². The number of fused-ring (bicyclic) bond motifs is 2. The van der Waals surface area contributed by atoms with Crippen molar-refractivity contribution in [3.05, 3.63) is 105 Å². The molecule has 6 amide bonds. The highest BCUT2D eigenvalue weighted by Gasteiger charge is 2.32. The molecule has 3 aromatic carbocycles. The van der Waals surface area contributed by atoms with E-state index in [1.807, 2.05) is 56.3 Å². The minimum atomic E-state index is -1.15. The predicted octanol–water partition coefficient (Wildman–Crippen LogP) is 8.78. The van der Waals surface area contributed by atoms with Crippen LogP contribution in [-0.4, -0.2) is 142 Å². The Morgan fingerprint density at radius 3 is 2.45 bits per heavy atom. The number of nitrogens with one attached hydrogen (secondary N) is 5. The number of nitrogens with zero attached hydrogens (tertiary/aromatic N) is 7. The Bertz CT molecular complexity index is 3610. The molecule has 88 heavy (non-hydrogen) atoms. The number of halogens is 1. The normalized spacial score (nSPS) is 12.8. The number of rotatable bonds is 25. The number of aryl methyl sites for hydroxylation is 1. The number of carbonyl (C=O) groups is 6. The number of aromatic carboxylic acids is 1. The van der Waals surface area contributed by atoms with Crippen molar-refractivity contribution in [1.29, 1.82) is 0 Å². The minimum Gasteiger partial charge on any atom is -0.491 e. The summed E-state index contributed by atoms with van der Waals surface area (Å²) in [4.78, 5) is 90.3. The molecule has 4 heterocycles. The van der Waals surface area contributed by atoms with E-state index < -0.39 is 65.4 Å². The van der Waals surface area contributed by atoms with Crippen LogP contribution < -0.4 is 42.0 Å². The lowest BCUT2D eigenvalue weighted by molar-refractivity contribution is -0.896. The number of benzene rings is 3. The van der Waals surface area contributed by atoms with Gasteiger partial charge in [-0.2, -0.15) is 0 Å². The van der Waals surface area contributed by atoms with Gasteiger partial charge in [-0.1, -0.05) is 55.2 Å². The third kappa shape index (κ3) is 18.7. The highest BCUT2D eigenvalue weighted by Crippen LogP contribution is 2.39. The van der Waals surface area contributed by atoms with Crippen LogP contribution in [-0.2, 0) is 45.0 Å². The van der Waals surface area contributed by atoms with E-state index in [0.29, 0.717) is 80.5 Å². The summed E-state index contributed by atoms with van der Waals surface area (Å²) in [6, 6.07) is 14.6. The summed E-state index contributed by atoms with van der Waals surface area (Å²) in [5, 5.41) is 34.6. The monoisotopic (exact) mass is 1240 g/mol. The number of alkyl carbamates (subject to hydrolysis) is 1. The molecule has 0 fully saturated rings. The molecule has 1 aliphatic rings. The number of carboxylic acids is 1. The first-order valence-corrected chi connectivity index (χ1v) is 30.2. The van der Waals surface area contributed by atoms with Crippen LogP contribution in [0, 0.1) is 42.8 Å². The van der Waals surface area contributed by atoms with Gasteiger partial charge in [0, 0.05) is 59.5 Å². The van der Waals surface area contributed by atoms with E-state index in [-0.39, 0.29) is 50.6 Å². The van der Waals surface area contributed by atoms with Crippen molar-refractivity contribution in [2.24, 2.45) is 11.7 Å². The van der Waals surface area contributed by atoms with Gasteiger partial charge in [0.1, 0.15) is 30.8 Å². The molecule has 466 valence electrons. The summed E-state index contributed by atoms with van der Waals surface area (Å²) in [5.41, 5.74) is 9.38. The molecule has 26 heteroatoms. The molecular weight excluding hydrogens is 1170 g/mol. The number of hydrogen-bond donors (Lipinski definition) is 7. The Morgan fingerprint density at radius 1 is 0.977 bits per heavy atom. The molecule has 0 spiro atoms. The maximum Gasteiger partial charge on any atom is 0.410 e. The Morgan fingerprint density at radius 2 is 1.75 bits per heavy atom. The fraction of sp³-hybridized carbons (Fsp3) is 0.419. The molecule has 8 N–H and O–H groups in total. The molecule has 2 atom stereocenters. The molecular formula is C62H75FN13O10S2+. The molecule has 0 saturated heterocycles. The number of para-hydroxylation sites is 1. The first-order valence-electron chi connectivity index (χ1n) is 28.6. The molecule has 0 radical (unpaired) electrons. The van der Waals surface area contributed by atoms with Crippen LogP contribution in [0.15, 0.2) is 60.7 Å². The van der Waals surface area contributed by atoms with Gasteiger partial charge in [-0.3, -0.25) is 9.59 Å². The van der Waals surface area contributed by atoms with Gasteiger partial charge < -0.3 is 65.9 Å². The predicted molar refractivity (Wildman–Crippen MR) is 335 cm³/mol. The van der Waals surface area contributed by atoms with Crippen molar-refractivity contribution >= 4 is 96.5 Å². The lowest BCUT2D eigenvalue weighted by atomic mass is 10.0. The summed E-state index contributed by atoms with van der Waals surface area (Å²) in [6.45, 7) is 11.8. The van der Waals surface area contributed by atoms with Gasteiger partial charge in [0.25, 0.3) is 0 Å². The number of quaternary nitrogens is 1. The van der Waals surface area contributed by atoms with E-state index in [1.54, 1.807) is 59.9 Å². The van der Waals surface area contributed by atoms with Gasteiger partial charge in [0.2, 0.25) is 11.8 Å². The number of carbonyl (C=O) groups excluding carboxylic acids is 5.